The zero-order valence-electron chi connectivity index (χ0n) is 11.2. The fourth-order valence-electron chi connectivity index (χ4n) is 2.01. The van der Waals surface area contributed by atoms with Crippen LogP contribution in [0.3, 0.4) is 0 Å². The molecule has 0 aromatic carbocycles. The van der Waals surface area contributed by atoms with Gasteiger partial charge in [0.1, 0.15) is 5.15 Å². The molecule has 0 spiro atoms. The van der Waals surface area contributed by atoms with E-state index in [-0.39, 0.29) is 17.0 Å². The van der Waals surface area contributed by atoms with Crippen LogP contribution in [0, 0.1) is 0 Å². The van der Waals surface area contributed by atoms with Gasteiger partial charge in [0.05, 0.1) is 7.11 Å². The summed E-state index contributed by atoms with van der Waals surface area (Å²) in [6.07, 6.45) is 3.82. The highest BCUT2D eigenvalue weighted by molar-refractivity contribution is 7.90. The lowest BCUT2D eigenvalue weighted by Gasteiger charge is -2.20. The minimum atomic E-state index is -3.66. The standard InChI is InChI=1S/C11H17ClN4O3S/c1-19-10-8-9(12)13-11(14-10)15-20(17,18)16-6-4-2-3-5-7-16/h8H,2-7H2,1H3,(H,13,14,15). The number of anilines is 1. The van der Waals surface area contributed by atoms with Crippen LogP contribution in [0.25, 0.3) is 0 Å². The van der Waals surface area contributed by atoms with Crippen LogP contribution in [0.1, 0.15) is 25.7 Å². The normalized spacial score (nSPS) is 17.5. The van der Waals surface area contributed by atoms with E-state index in [9.17, 15) is 8.42 Å². The van der Waals surface area contributed by atoms with Crippen molar-refractivity contribution in [2.24, 2.45) is 0 Å². The zero-order valence-corrected chi connectivity index (χ0v) is 12.7. The molecule has 7 nitrogen and oxygen atoms in total. The number of hydrogen-bond donors (Lipinski definition) is 1. The van der Waals surface area contributed by atoms with Crippen molar-refractivity contribution in [1.82, 2.24) is 14.3 Å². The van der Waals surface area contributed by atoms with Crippen LogP contribution in [-0.2, 0) is 10.2 Å². The van der Waals surface area contributed by atoms with Gasteiger partial charge < -0.3 is 4.74 Å². The van der Waals surface area contributed by atoms with Crippen molar-refractivity contribution in [3.8, 4) is 5.88 Å². The molecule has 2 heterocycles. The number of ether oxygens (including phenoxy) is 1. The largest absolute Gasteiger partial charge is 0.481 e. The third-order valence-electron chi connectivity index (χ3n) is 3.01. The van der Waals surface area contributed by atoms with Gasteiger partial charge in [-0.3, -0.25) is 0 Å². The molecule has 1 fully saturated rings. The Morgan fingerprint density at radius 3 is 2.50 bits per heavy atom. The fraction of sp³-hybridized carbons (Fsp3) is 0.636. The average molecular weight is 321 g/mol. The minimum absolute atomic E-state index is 0.0846. The molecule has 1 aromatic rings. The molecule has 0 aliphatic carbocycles. The SMILES string of the molecule is COc1cc(Cl)nc(NS(=O)(=O)N2CCCCCC2)n1. The quantitative estimate of drug-likeness (QED) is 0.853. The molecule has 112 valence electrons. The molecule has 1 aromatic heterocycles. The van der Waals surface area contributed by atoms with Gasteiger partial charge in [0.25, 0.3) is 0 Å². The first-order valence-corrected chi connectivity index (χ1v) is 8.19. The predicted octanol–water partition coefficient (Wildman–Crippen LogP) is 1.67. The third kappa shape index (κ3) is 3.94. The van der Waals surface area contributed by atoms with Crippen molar-refractivity contribution in [3.63, 3.8) is 0 Å². The summed E-state index contributed by atoms with van der Waals surface area (Å²) in [7, 11) is -2.23. The Morgan fingerprint density at radius 2 is 1.90 bits per heavy atom. The predicted molar refractivity (Wildman–Crippen MR) is 76.2 cm³/mol. The van der Waals surface area contributed by atoms with Gasteiger partial charge in [-0.1, -0.05) is 24.4 Å². The summed E-state index contributed by atoms with van der Waals surface area (Å²) in [6, 6.07) is 1.41. The van der Waals surface area contributed by atoms with Crippen molar-refractivity contribution in [3.05, 3.63) is 11.2 Å². The lowest BCUT2D eigenvalue weighted by molar-refractivity contribution is 0.397. The molecule has 0 radical (unpaired) electrons. The number of nitrogens with zero attached hydrogens (tertiary/aromatic N) is 3. The summed E-state index contributed by atoms with van der Waals surface area (Å²) < 4.78 is 33.2. The summed E-state index contributed by atoms with van der Waals surface area (Å²) >= 11 is 5.79. The second-order valence-electron chi connectivity index (χ2n) is 4.48. The summed E-state index contributed by atoms with van der Waals surface area (Å²) in [5.74, 6) is 0.122. The van der Waals surface area contributed by atoms with E-state index in [1.54, 1.807) is 0 Å². The smallest absolute Gasteiger partial charge is 0.303 e. The summed E-state index contributed by atoms with van der Waals surface area (Å²) in [5.41, 5.74) is 0. The van der Waals surface area contributed by atoms with Gasteiger partial charge in [0.15, 0.2) is 0 Å². The monoisotopic (exact) mass is 320 g/mol. The van der Waals surface area contributed by atoms with E-state index in [4.69, 9.17) is 16.3 Å². The Hall–Kier alpha value is -1.12. The molecule has 1 N–H and O–H groups in total. The molecule has 9 heteroatoms. The van der Waals surface area contributed by atoms with Crippen LogP contribution in [0.2, 0.25) is 5.15 Å². The molecule has 1 saturated heterocycles. The first-order valence-electron chi connectivity index (χ1n) is 6.38. The van der Waals surface area contributed by atoms with E-state index in [1.807, 2.05) is 0 Å². The van der Waals surface area contributed by atoms with Crippen molar-refractivity contribution < 1.29 is 13.2 Å². The molecule has 0 atom stereocenters. The number of halogens is 1. The van der Waals surface area contributed by atoms with E-state index < -0.39 is 10.2 Å². The molecular formula is C11H17ClN4O3S. The first kappa shape index (κ1) is 15.3. The maximum Gasteiger partial charge on any atom is 0.303 e. The van der Waals surface area contributed by atoms with Gasteiger partial charge in [0.2, 0.25) is 11.8 Å². The lowest BCUT2D eigenvalue weighted by atomic mass is 10.2. The van der Waals surface area contributed by atoms with Gasteiger partial charge in [-0.2, -0.15) is 17.7 Å². The number of methoxy groups -OCH3 is 1. The minimum Gasteiger partial charge on any atom is -0.481 e. The maximum atomic E-state index is 12.3. The third-order valence-corrected chi connectivity index (χ3v) is 4.68. The van der Waals surface area contributed by atoms with Crippen molar-refractivity contribution in [1.29, 1.82) is 0 Å². The van der Waals surface area contributed by atoms with Crippen molar-refractivity contribution >= 4 is 27.8 Å². The molecule has 0 unspecified atom stereocenters. The molecule has 0 bridgehead atoms. The summed E-state index contributed by atoms with van der Waals surface area (Å²) in [6.45, 7) is 1.01. The van der Waals surface area contributed by atoms with Crippen LogP contribution in [0.15, 0.2) is 6.07 Å². The molecule has 1 aliphatic heterocycles. The van der Waals surface area contributed by atoms with Gasteiger partial charge in [-0.05, 0) is 12.8 Å². The molecule has 1 aliphatic rings. The van der Waals surface area contributed by atoms with Gasteiger partial charge in [-0.25, -0.2) is 9.71 Å². The Morgan fingerprint density at radius 1 is 1.25 bits per heavy atom. The van der Waals surface area contributed by atoms with Crippen molar-refractivity contribution in [2.75, 3.05) is 24.9 Å². The number of aromatic nitrogens is 2. The number of hydrogen-bond acceptors (Lipinski definition) is 5. The van der Waals surface area contributed by atoms with E-state index in [0.29, 0.717) is 13.1 Å². The summed E-state index contributed by atoms with van der Waals surface area (Å²) in [4.78, 5) is 7.76. The molecular weight excluding hydrogens is 304 g/mol. The van der Waals surface area contributed by atoms with E-state index >= 15 is 0 Å². The van der Waals surface area contributed by atoms with Gasteiger partial charge >= 0.3 is 10.2 Å². The Labute approximate surface area is 123 Å². The van der Waals surface area contributed by atoms with Gasteiger partial charge in [0, 0.05) is 19.2 Å². The first-order chi connectivity index (χ1) is 9.51. The maximum absolute atomic E-state index is 12.3. The lowest BCUT2D eigenvalue weighted by Crippen LogP contribution is -2.37. The number of rotatable bonds is 4. The Kier molecular flexibility index (Phi) is 5.00. The Bertz CT molecular complexity index is 559. The van der Waals surface area contributed by atoms with Crippen LogP contribution >= 0.6 is 11.6 Å². The second kappa shape index (κ2) is 6.55. The fourth-order valence-corrected chi connectivity index (χ4v) is 3.37. The second-order valence-corrected chi connectivity index (χ2v) is 6.53. The Balaban J connectivity index is 2.16. The average Bonchev–Trinajstić information content (AvgIpc) is 2.66. The van der Waals surface area contributed by atoms with E-state index in [1.165, 1.54) is 17.5 Å². The van der Waals surface area contributed by atoms with Gasteiger partial charge in [-0.15, -0.1) is 0 Å². The molecule has 20 heavy (non-hydrogen) atoms. The van der Waals surface area contributed by atoms with E-state index in [2.05, 4.69) is 14.7 Å². The number of nitrogens with one attached hydrogen (secondary N) is 1. The van der Waals surface area contributed by atoms with Crippen LogP contribution < -0.4 is 9.46 Å². The zero-order chi connectivity index (χ0) is 14.6. The van der Waals surface area contributed by atoms with Crippen LogP contribution in [0.5, 0.6) is 5.88 Å². The van der Waals surface area contributed by atoms with Crippen LogP contribution in [0.4, 0.5) is 5.95 Å². The molecule has 0 amide bonds. The highest BCUT2D eigenvalue weighted by atomic mass is 35.5. The molecule has 2 rings (SSSR count). The highest BCUT2D eigenvalue weighted by Crippen LogP contribution is 2.19. The highest BCUT2D eigenvalue weighted by Gasteiger charge is 2.24. The summed E-state index contributed by atoms with van der Waals surface area (Å²) in [5, 5.41) is 0.116. The topological polar surface area (TPSA) is 84.4 Å². The molecule has 0 saturated carbocycles. The van der Waals surface area contributed by atoms with Crippen LogP contribution in [-0.4, -0.2) is 42.9 Å². The van der Waals surface area contributed by atoms with E-state index in [0.717, 1.165) is 25.7 Å². The van der Waals surface area contributed by atoms with Crippen molar-refractivity contribution in [2.45, 2.75) is 25.7 Å².